The van der Waals surface area contributed by atoms with E-state index in [0.717, 1.165) is 12.3 Å². The maximum absolute atomic E-state index is 13.1. The summed E-state index contributed by atoms with van der Waals surface area (Å²) in [6.07, 6.45) is 1.05. The first-order valence-corrected chi connectivity index (χ1v) is 5.88. The van der Waals surface area contributed by atoms with E-state index in [-0.39, 0.29) is 5.56 Å². The molecule has 1 aromatic carbocycles. The van der Waals surface area contributed by atoms with E-state index in [4.69, 9.17) is 11.6 Å². The van der Waals surface area contributed by atoms with E-state index in [1.807, 2.05) is 0 Å². The topological polar surface area (TPSA) is 54.0 Å². The zero-order valence-electron chi connectivity index (χ0n) is 10.1. The number of anilines is 2. The zero-order chi connectivity index (χ0) is 13.8. The number of hydrogen-bond acceptors (Lipinski definition) is 3. The molecule has 0 saturated heterocycles. The van der Waals surface area contributed by atoms with Crippen LogP contribution in [0.15, 0.2) is 36.5 Å². The van der Waals surface area contributed by atoms with Crippen molar-refractivity contribution in [3.63, 3.8) is 0 Å². The molecule has 0 aliphatic heterocycles. The van der Waals surface area contributed by atoms with Crippen LogP contribution in [0.5, 0.6) is 0 Å². The zero-order valence-corrected chi connectivity index (χ0v) is 10.8. The second-order valence-electron chi connectivity index (χ2n) is 3.76. The van der Waals surface area contributed by atoms with Crippen LogP contribution in [-0.2, 0) is 0 Å². The molecular weight excluding hydrogens is 269 g/mol. The number of hydrogen-bond donors (Lipinski definition) is 2. The van der Waals surface area contributed by atoms with Gasteiger partial charge < -0.3 is 10.6 Å². The molecule has 0 bridgehead atoms. The lowest BCUT2D eigenvalue weighted by Gasteiger charge is -2.09. The van der Waals surface area contributed by atoms with Crippen LogP contribution in [-0.4, -0.2) is 17.9 Å². The molecule has 0 aliphatic carbocycles. The molecule has 2 rings (SSSR count). The monoisotopic (exact) mass is 279 g/mol. The Morgan fingerprint density at radius 3 is 2.63 bits per heavy atom. The summed E-state index contributed by atoms with van der Waals surface area (Å²) >= 11 is 5.75. The van der Waals surface area contributed by atoms with Gasteiger partial charge in [-0.2, -0.15) is 0 Å². The average molecular weight is 280 g/mol. The largest absolute Gasteiger partial charge is 0.372 e. The summed E-state index contributed by atoms with van der Waals surface area (Å²) < 4.78 is 13.1. The molecular formula is C13H11ClFN3O. The van der Waals surface area contributed by atoms with E-state index < -0.39 is 11.7 Å². The lowest BCUT2D eigenvalue weighted by atomic mass is 10.2. The number of carbonyl (C=O) groups is 1. The Bertz CT molecular complexity index is 601. The maximum atomic E-state index is 13.1. The predicted molar refractivity (Wildman–Crippen MR) is 73.1 cm³/mol. The van der Waals surface area contributed by atoms with Crippen LogP contribution >= 0.6 is 11.6 Å². The normalized spacial score (nSPS) is 10.1. The molecule has 0 radical (unpaired) electrons. The lowest BCUT2D eigenvalue weighted by Crippen LogP contribution is -2.15. The minimum Gasteiger partial charge on any atom is -0.372 e. The number of aromatic nitrogens is 1. The van der Waals surface area contributed by atoms with Crippen molar-refractivity contribution in [2.24, 2.45) is 0 Å². The van der Waals surface area contributed by atoms with E-state index in [0.29, 0.717) is 16.5 Å². The predicted octanol–water partition coefficient (Wildman–Crippen LogP) is 3.17. The van der Waals surface area contributed by atoms with Crippen molar-refractivity contribution in [2.75, 3.05) is 17.7 Å². The third-order valence-corrected chi connectivity index (χ3v) is 2.69. The van der Waals surface area contributed by atoms with E-state index in [9.17, 15) is 9.18 Å². The van der Waals surface area contributed by atoms with Gasteiger partial charge in [0, 0.05) is 17.8 Å². The molecule has 19 heavy (non-hydrogen) atoms. The molecule has 2 aromatic rings. The number of halogens is 2. The van der Waals surface area contributed by atoms with E-state index in [2.05, 4.69) is 15.6 Å². The Kier molecular flexibility index (Phi) is 3.97. The van der Waals surface area contributed by atoms with E-state index >= 15 is 0 Å². The number of pyridine rings is 1. The van der Waals surface area contributed by atoms with Crippen molar-refractivity contribution in [3.05, 3.63) is 52.9 Å². The first-order chi connectivity index (χ1) is 9.10. The van der Waals surface area contributed by atoms with Crippen LogP contribution < -0.4 is 10.6 Å². The number of nitrogens with one attached hydrogen (secondary N) is 2. The van der Waals surface area contributed by atoms with Crippen LogP contribution in [0.3, 0.4) is 0 Å². The molecule has 0 aliphatic rings. The maximum Gasteiger partial charge on any atom is 0.259 e. The fraction of sp³-hybridized carbons (Fsp3) is 0.0769. The molecule has 6 heteroatoms. The number of rotatable bonds is 3. The standard InChI is InChI=1S/C13H11ClFN3O/c1-16-12-11(6-9(15)7-17-12)13(19)18-10-4-2-8(14)3-5-10/h2-7H,1H3,(H,16,17)(H,18,19). The molecule has 1 amide bonds. The Labute approximate surface area is 114 Å². The van der Waals surface area contributed by atoms with Crippen molar-refractivity contribution in [3.8, 4) is 0 Å². The van der Waals surface area contributed by atoms with Gasteiger partial charge in [0.1, 0.15) is 11.6 Å². The number of nitrogens with zero attached hydrogens (tertiary/aromatic N) is 1. The first kappa shape index (κ1) is 13.3. The molecule has 0 atom stereocenters. The highest BCUT2D eigenvalue weighted by Gasteiger charge is 2.13. The minimum absolute atomic E-state index is 0.137. The van der Waals surface area contributed by atoms with Crippen LogP contribution in [0, 0.1) is 5.82 Å². The number of amides is 1. The van der Waals surface area contributed by atoms with Crippen molar-refractivity contribution in [1.82, 2.24) is 4.98 Å². The number of carbonyl (C=O) groups excluding carboxylic acids is 1. The smallest absolute Gasteiger partial charge is 0.259 e. The van der Waals surface area contributed by atoms with Gasteiger partial charge in [-0.05, 0) is 30.3 Å². The Morgan fingerprint density at radius 1 is 1.32 bits per heavy atom. The van der Waals surface area contributed by atoms with Crippen molar-refractivity contribution >= 4 is 29.0 Å². The highest BCUT2D eigenvalue weighted by molar-refractivity contribution is 6.30. The van der Waals surface area contributed by atoms with Gasteiger partial charge in [-0.15, -0.1) is 0 Å². The van der Waals surface area contributed by atoms with Gasteiger partial charge in [0.25, 0.3) is 5.91 Å². The highest BCUT2D eigenvalue weighted by Crippen LogP contribution is 2.17. The third kappa shape index (κ3) is 3.20. The molecule has 2 N–H and O–H groups in total. The molecule has 0 saturated carbocycles. The van der Waals surface area contributed by atoms with Gasteiger partial charge >= 0.3 is 0 Å². The van der Waals surface area contributed by atoms with Crippen molar-refractivity contribution in [2.45, 2.75) is 0 Å². The van der Waals surface area contributed by atoms with Gasteiger partial charge in [0.2, 0.25) is 0 Å². The summed E-state index contributed by atoms with van der Waals surface area (Å²) in [5.41, 5.74) is 0.707. The summed E-state index contributed by atoms with van der Waals surface area (Å²) in [5.74, 6) is -0.702. The molecule has 98 valence electrons. The molecule has 0 unspecified atom stereocenters. The fourth-order valence-corrected chi connectivity index (χ4v) is 1.67. The molecule has 4 nitrogen and oxygen atoms in total. The van der Waals surface area contributed by atoms with Gasteiger partial charge in [0.15, 0.2) is 0 Å². The van der Waals surface area contributed by atoms with Crippen LogP contribution in [0.25, 0.3) is 0 Å². The minimum atomic E-state index is -0.569. The van der Waals surface area contributed by atoms with Gasteiger partial charge in [-0.1, -0.05) is 11.6 Å². The Hall–Kier alpha value is -2.14. The second kappa shape index (κ2) is 5.67. The molecule has 1 heterocycles. The third-order valence-electron chi connectivity index (χ3n) is 2.44. The quantitative estimate of drug-likeness (QED) is 0.907. The van der Waals surface area contributed by atoms with Gasteiger partial charge in [0.05, 0.1) is 11.8 Å². The Morgan fingerprint density at radius 2 is 2.00 bits per heavy atom. The molecule has 0 spiro atoms. The average Bonchev–Trinajstić information content (AvgIpc) is 2.41. The van der Waals surface area contributed by atoms with Crippen LogP contribution in [0.4, 0.5) is 15.9 Å². The van der Waals surface area contributed by atoms with Crippen molar-refractivity contribution < 1.29 is 9.18 Å². The van der Waals surface area contributed by atoms with Crippen LogP contribution in [0.1, 0.15) is 10.4 Å². The van der Waals surface area contributed by atoms with Gasteiger partial charge in [-0.25, -0.2) is 9.37 Å². The fourth-order valence-electron chi connectivity index (χ4n) is 1.54. The van der Waals surface area contributed by atoms with Crippen LogP contribution in [0.2, 0.25) is 5.02 Å². The van der Waals surface area contributed by atoms with Crippen molar-refractivity contribution in [1.29, 1.82) is 0 Å². The first-order valence-electron chi connectivity index (χ1n) is 5.50. The molecule has 1 aromatic heterocycles. The Balaban J connectivity index is 2.24. The van der Waals surface area contributed by atoms with Gasteiger partial charge in [-0.3, -0.25) is 4.79 Å². The van der Waals surface area contributed by atoms with E-state index in [1.165, 1.54) is 0 Å². The SMILES string of the molecule is CNc1ncc(F)cc1C(=O)Nc1ccc(Cl)cc1. The summed E-state index contributed by atoms with van der Waals surface area (Å²) in [7, 11) is 1.61. The summed E-state index contributed by atoms with van der Waals surface area (Å²) in [6, 6.07) is 7.75. The second-order valence-corrected chi connectivity index (χ2v) is 4.20. The van der Waals surface area contributed by atoms with E-state index in [1.54, 1.807) is 31.3 Å². The molecule has 0 fully saturated rings. The summed E-state index contributed by atoms with van der Waals surface area (Å²) in [6.45, 7) is 0. The number of benzene rings is 1. The summed E-state index contributed by atoms with van der Waals surface area (Å²) in [5, 5.41) is 5.95. The summed E-state index contributed by atoms with van der Waals surface area (Å²) in [4.78, 5) is 15.8. The lowest BCUT2D eigenvalue weighted by molar-refractivity contribution is 0.102. The highest BCUT2D eigenvalue weighted by atomic mass is 35.5.